The van der Waals surface area contributed by atoms with Crippen molar-refractivity contribution >= 4 is 28.6 Å². The highest BCUT2D eigenvalue weighted by atomic mass is 32.1. The van der Waals surface area contributed by atoms with Crippen molar-refractivity contribution < 1.29 is 9.53 Å². The number of nitrogen functional groups attached to an aromatic ring is 1. The predicted molar refractivity (Wildman–Crippen MR) is 72.2 cm³/mol. The Morgan fingerprint density at radius 2 is 2.28 bits per heavy atom. The third-order valence-corrected chi connectivity index (χ3v) is 3.37. The first-order valence-corrected chi connectivity index (χ1v) is 6.14. The second kappa shape index (κ2) is 5.05. The molecule has 0 fully saturated rings. The summed E-state index contributed by atoms with van der Waals surface area (Å²) in [5.41, 5.74) is 9.24. The Labute approximate surface area is 109 Å². The fourth-order valence-electron chi connectivity index (χ4n) is 1.50. The zero-order valence-electron chi connectivity index (χ0n) is 10.1. The third kappa shape index (κ3) is 2.43. The molecule has 18 heavy (non-hydrogen) atoms. The van der Waals surface area contributed by atoms with Crippen LogP contribution in [0.15, 0.2) is 23.7 Å². The van der Waals surface area contributed by atoms with Crippen molar-refractivity contribution in [1.82, 2.24) is 4.98 Å². The molecule has 0 saturated carbocycles. The number of carbonyl (C=O) groups is 1. The zero-order chi connectivity index (χ0) is 13.1. The number of thiazole rings is 1. The number of rotatable bonds is 3. The number of carbonyl (C=O) groups excluding carboxylic acids is 1. The van der Waals surface area contributed by atoms with Gasteiger partial charge in [-0.25, -0.2) is 4.98 Å². The van der Waals surface area contributed by atoms with Crippen LogP contribution in [0.5, 0.6) is 5.75 Å². The van der Waals surface area contributed by atoms with Crippen molar-refractivity contribution in [1.29, 1.82) is 0 Å². The summed E-state index contributed by atoms with van der Waals surface area (Å²) in [7, 11) is 1.53. The highest BCUT2D eigenvalue weighted by molar-refractivity contribution is 7.12. The maximum absolute atomic E-state index is 12.0. The summed E-state index contributed by atoms with van der Waals surface area (Å²) >= 11 is 1.31. The summed E-state index contributed by atoms with van der Waals surface area (Å²) in [6, 6.07) is 5.10. The van der Waals surface area contributed by atoms with Crippen molar-refractivity contribution in [3.63, 3.8) is 0 Å². The molecule has 5 nitrogen and oxygen atoms in total. The van der Waals surface area contributed by atoms with Crippen molar-refractivity contribution in [3.05, 3.63) is 34.3 Å². The number of amides is 1. The minimum Gasteiger partial charge on any atom is -0.495 e. The minimum absolute atomic E-state index is 0.179. The van der Waals surface area contributed by atoms with Crippen LogP contribution in [0, 0.1) is 6.92 Å². The van der Waals surface area contributed by atoms with E-state index in [4.69, 9.17) is 10.5 Å². The normalized spacial score (nSPS) is 10.1. The van der Waals surface area contributed by atoms with Gasteiger partial charge in [-0.1, -0.05) is 0 Å². The van der Waals surface area contributed by atoms with E-state index < -0.39 is 0 Å². The number of hydrogen-bond acceptors (Lipinski definition) is 5. The van der Waals surface area contributed by atoms with E-state index in [1.807, 2.05) is 0 Å². The molecular weight excluding hydrogens is 250 g/mol. The lowest BCUT2D eigenvalue weighted by molar-refractivity contribution is 0.103. The molecule has 0 bridgehead atoms. The molecule has 6 heteroatoms. The Morgan fingerprint density at radius 3 is 2.89 bits per heavy atom. The van der Waals surface area contributed by atoms with E-state index in [0.717, 1.165) is 5.69 Å². The Morgan fingerprint density at radius 1 is 1.50 bits per heavy atom. The van der Waals surface area contributed by atoms with Crippen molar-refractivity contribution in [2.75, 3.05) is 18.2 Å². The number of aromatic nitrogens is 1. The number of nitrogens with two attached hydrogens (primary N) is 1. The fourth-order valence-corrected chi connectivity index (χ4v) is 2.19. The van der Waals surface area contributed by atoms with E-state index in [0.29, 0.717) is 22.0 Å². The maximum atomic E-state index is 12.0. The molecule has 3 N–H and O–H groups in total. The standard InChI is InChI=1S/C12H13N3O2S/c1-7-11(18-6-14-7)12(16)15-8-3-4-9(13)10(5-8)17-2/h3-6H,13H2,1-2H3,(H,15,16). The van der Waals surface area contributed by atoms with Gasteiger partial charge in [0.25, 0.3) is 5.91 Å². The SMILES string of the molecule is COc1cc(NC(=O)c2scnc2C)ccc1N. The van der Waals surface area contributed by atoms with Crippen LogP contribution in [0.1, 0.15) is 15.4 Å². The van der Waals surface area contributed by atoms with Gasteiger partial charge in [0.1, 0.15) is 10.6 Å². The van der Waals surface area contributed by atoms with Crippen molar-refractivity contribution in [2.45, 2.75) is 6.92 Å². The molecule has 0 aliphatic carbocycles. The fraction of sp³-hybridized carbons (Fsp3) is 0.167. The van der Waals surface area contributed by atoms with E-state index in [1.165, 1.54) is 18.4 Å². The van der Waals surface area contributed by atoms with Gasteiger partial charge in [-0.05, 0) is 19.1 Å². The topological polar surface area (TPSA) is 77.2 Å². The predicted octanol–water partition coefficient (Wildman–Crippen LogP) is 2.29. The third-order valence-electron chi connectivity index (χ3n) is 2.44. The van der Waals surface area contributed by atoms with Crippen LogP contribution in [-0.2, 0) is 0 Å². The first-order valence-electron chi connectivity index (χ1n) is 5.26. The molecule has 1 aromatic heterocycles. The van der Waals surface area contributed by atoms with E-state index in [2.05, 4.69) is 10.3 Å². The van der Waals surface area contributed by atoms with E-state index >= 15 is 0 Å². The molecule has 0 spiro atoms. The molecule has 1 amide bonds. The number of hydrogen-bond donors (Lipinski definition) is 2. The Kier molecular flexibility index (Phi) is 3.47. The molecular formula is C12H13N3O2S. The molecule has 0 atom stereocenters. The summed E-state index contributed by atoms with van der Waals surface area (Å²) in [5.74, 6) is 0.357. The van der Waals surface area contributed by atoms with Crippen LogP contribution < -0.4 is 15.8 Å². The van der Waals surface area contributed by atoms with Crippen molar-refractivity contribution in [3.8, 4) is 5.75 Å². The lowest BCUT2D eigenvalue weighted by Gasteiger charge is -2.08. The first kappa shape index (κ1) is 12.4. The molecule has 0 unspecified atom stereocenters. The number of ether oxygens (including phenoxy) is 1. The highest BCUT2D eigenvalue weighted by Gasteiger charge is 2.12. The molecule has 2 aromatic rings. The second-order valence-corrected chi connectivity index (χ2v) is 4.53. The Balaban J connectivity index is 2.20. The second-order valence-electron chi connectivity index (χ2n) is 3.68. The quantitative estimate of drug-likeness (QED) is 0.833. The van der Waals surface area contributed by atoms with Gasteiger partial charge in [0.05, 0.1) is 24.0 Å². The number of anilines is 2. The lowest BCUT2D eigenvalue weighted by Crippen LogP contribution is -2.11. The smallest absolute Gasteiger partial charge is 0.267 e. The van der Waals surface area contributed by atoms with Gasteiger partial charge in [-0.15, -0.1) is 11.3 Å². The summed E-state index contributed by atoms with van der Waals surface area (Å²) in [4.78, 5) is 16.6. The van der Waals surface area contributed by atoms with E-state index in [-0.39, 0.29) is 5.91 Å². The van der Waals surface area contributed by atoms with E-state index in [1.54, 1.807) is 30.6 Å². The molecule has 0 saturated heterocycles. The van der Waals surface area contributed by atoms with Gasteiger partial charge < -0.3 is 15.8 Å². The number of nitrogens with zero attached hydrogens (tertiary/aromatic N) is 1. The molecule has 1 heterocycles. The van der Waals surface area contributed by atoms with Gasteiger partial charge in [-0.2, -0.15) is 0 Å². The summed E-state index contributed by atoms with van der Waals surface area (Å²) < 4.78 is 5.10. The number of nitrogens with one attached hydrogen (secondary N) is 1. The summed E-state index contributed by atoms with van der Waals surface area (Å²) in [6.45, 7) is 1.80. The number of aryl methyl sites for hydroxylation is 1. The summed E-state index contributed by atoms with van der Waals surface area (Å²) in [5, 5.41) is 2.78. The first-order chi connectivity index (χ1) is 8.61. The largest absolute Gasteiger partial charge is 0.495 e. The van der Waals surface area contributed by atoms with Gasteiger partial charge in [0, 0.05) is 11.8 Å². The van der Waals surface area contributed by atoms with Crippen molar-refractivity contribution in [2.24, 2.45) is 0 Å². The molecule has 1 aromatic carbocycles. The number of benzene rings is 1. The van der Waals surface area contributed by atoms with Crippen LogP contribution in [-0.4, -0.2) is 18.0 Å². The van der Waals surface area contributed by atoms with Crippen LogP contribution in [0.25, 0.3) is 0 Å². The Hall–Kier alpha value is -2.08. The summed E-state index contributed by atoms with van der Waals surface area (Å²) in [6.07, 6.45) is 0. The molecule has 94 valence electrons. The van der Waals surface area contributed by atoms with Crippen LogP contribution in [0.3, 0.4) is 0 Å². The highest BCUT2D eigenvalue weighted by Crippen LogP contribution is 2.25. The zero-order valence-corrected chi connectivity index (χ0v) is 10.9. The van der Waals surface area contributed by atoms with Gasteiger partial charge in [-0.3, -0.25) is 4.79 Å². The average molecular weight is 263 g/mol. The Bertz CT molecular complexity index is 580. The monoisotopic (exact) mass is 263 g/mol. The molecule has 2 rings (SSSR count). The lowest BCUT2D eigenvalue weighted by atomic mass is 10.2. The molecule has 0 aliphatic heterocycles. The minimum atomic E-state index is -0.179. The molecule has 0 radical (unpaired) electrons. The van der Waals surface area contributed by atoms with Gasteiger partial charge in [0.15, 0.2) is 0 Å². The van der Waals surface area contributed by atoms with Crippen LogP contribution in [0.4, 0.5) is 11.4 Å². The number of methoxy groups -OCH3 is 1. The molecule has 0 aliphatic rings. The van der Waals surface area contributed by atoms with Gasteiger partial charge >= 0.3 is 0 Å². The van der Waals surface area contributed by atoms with E-state index in [9.17, 15) is 4.79 Å². The van der Waals surface area contributed by atoms with Crippen LogP contribution in [0.2, 0.25) is 0 Å². The average Bonchev–Trinajstić information content (AvgIpc) is 2.78. The maximum Gasteiger partial charge on any atom is 0.267 e. The van der Waals surface area contributed by atoms with Gasteiger partial charge in [0.2, 0.25) is 0 Å². The van der Waals surface area contributed by atoms with Crippen LogP contribution >= 0.6 is 11.3 Å².